The number of aromatic nitrogens is 4. The van der Waals surface area contributed by atoms with Crippen LogP contribution in [0.15, 0.2) is 30.7 Å². The standard InChI is InChI=1S/C19H17Cl2N5O3S.C2H6/c1-27-13-4-10(5-14(28-2)16(13)29-3)26-8-15(22-9-26)23-17-12-6-11(7-20)30-18(12)25-19(21)24-17;1-2/h4-6,8-9H,7H2,1-3H3,(H,23,24,25);1-2H3. The number of imidazole rings is 1. The minimum Gasteiger partial charge on any atom is -0.493 e. The highest BCUT2D eigenvalue weighted by molar-refractivity contribution is 7.18. The van der Waals surface area contributed by atoms with Gasteiger partial charge in [0.05, 0.1) is 44.5 Å². The zero-order valence-corrected chi connectivity index (χ0v) is 20.6. The van der Waals surface area contributed by atoms with Crippen molar-refractivity contribution in [3.8, 4) is 22.9 Å². The monoisotopic (exact) mass is 495 g/mol. The molecule has 3 heterocycles. The van der Waals surface area contributed by atoms with Crippen molar-refractivity contribution in [2.24, 2.45) is 0 Å². The molecule has 4 rings (SSSR count). The van der Waals surface area contributed by atoms with Gasteiger partial charge in [0.25, 0.3) is 0 Å². The van der Waals surface area contributed by atoms with Gasteiger partial charge in [-0.15, -0.1) is 22.9 Å². The molecule has 11 heteroatoms. The average Bonchev–Trinajstić information content (AvgIpc) is 3.46. The summed E-state index contributed by atoms with van der Waals surface area (Å²) in [7, 11) is 4.71. The first kappa shape index (κ1) is 23.9. The summed E-state index contributed by atoms with van der Waals surface area (Å²) in [5.74, 6) is 3.16. The van der Waals surface area contributed by atoms with Gasteiger partial charge in [0, 0.05) is 17.0 Å². The molecule has 0 bridgehead atoms. The van der Waals surface area contributed by atoms with E-state index in [4.69, 9.17) is 37.4 Å². The largest absolute Gasteiger partial charge is 0.493 e. The first-order valence-electron chi connectivity index (χ1n) is 9.69. The number of nitrogens with one attached hydrogen (secondary N) is 1. The quantitative estimate of drug-likeness (QED) is 0.246. The Morgan fingerprint density at radius 2 is 1.72 bits per heavy atom. The number of methoxy groups -OCH3 is 3. The van der Waals surface area contributed by atoms with Crippen LogP contribution in [0.2, 0.25) is 5.28 Å². The number of halogens is 2. The highest BCUT2D eigenvalue weighted by Crippen LogP contribution is 2.39. The molecule has 0 radical (unpaired) electrons. The van der Waals surface area contributed by atoms with E-state index in [0.29, 0.717) is 34.8 Å². The maximum atomic E-state index is 6.09. The van der Waals surface area contributed by atoms with Crippen LogP contribution >= 0.6 is 34.5 Å². The Hall–Kier alpha value is -2.75. The lowest BCUT2D eigenvalue weighted by Gasteiger charge is -2.14. The molecular weight excluding hydrogens is 473 g/mol. The van der Waals surface area contributed by atoms with Gasteiger partial charge < -0.3 is 24.1 Å². The third-order valence-electron chi connectivity index (χ3n) is 4.32. The minimum absolute atomic E-state index is 0.150. The molecule has 0 atom stereocenters. The lowest BCUT2D eigenvalue weighted by molar-refractivity contribution is 0.324. The Morgan fingerprint density at radius 1 is 1.03 bits per heavy atom. The molecule has 0 fully saturated rings. The molecule has 0 aliphatic carbocycles. The summed E-state index contributed by atoms with van der Waals surface area (Å²) >= 11 is 13.5. The van der Waals surface area contributed by atoms with Gasteiger partial charge in [0.1, 0.15) is 22.8 Å². The molecule has 0 aliphatic heterocycles. The number of hydrogen-bond acceptors (Lipinski definition) is 8. The number of fused-ring (bicyclic) bond motifs is 1. The summed E-state index contributed by atoms with van der Waals surface area (Å²) in [5, 5.41) is 4.19. The van der Waals surface area contributed by atoms with Gasteiger partial charge in [0.15, 0.2) is 11.5 Å². The van der Waals surface area contributed by atoms with E-state index in [0.717, 1.165) is 20.8 Å². The van der Waals surface area contributed by atoms with Gasteiger partial charge in [-0.25, -0.2) is 9.97 Å². The van der Waals surface area contributed by atoms with Gasteiger partial charge in [-0.1, -0.05) is 13.8 Å². The summed E-state index contributed by atoms with van der Waals surface area (Å²) in [6, 6.07) is 5.61. The fourth-order valence-electron chi connectivity index (χ4n) is 2.97. The van der Waals surface area contributed by atoms with Crippen LogP contribution in [0.4, 0.5) is 11.6 Å². The van der Waals surface area contributed by atoms with Crippen LogP contribution in [0, 0.1) is 0 Å². The van der Waals surface area contributed by atoms with Gasteiger partial charge >= 0.3 is 0 Å². The summed E-state index contributed by atoms with van der Waals surface area (Å²) in [6.07, 6.45) is 3.48. The Morgan fingerprint density at radius 3 is 2.31 bits per heavy atom. The summed E-state index contributed by atoms with van der Waals surface area (Å²) < 4.78 is 18.0. The molecule has 4 aromatic rings. The maximum absolute atomic E-state index is 6.09. The molecule has 3 aromatic heterocycles. The molecule has 32 heavy (non-hydrogen) atoms. The van der Waals surface area contributed by atoms with Crippen LogP contribution in [0.3, 0.4) is 0 Å². The molecular formula is C21H23Cl2N5O3S. The van der Waals surface area contributed by atoms with E-state index in [9.17, 15) is 0 Å². The van der Waals surface area contributed by atoms with Gasteiger partial charge in [-0.3, -0.25) is 0 Å². The number of nitrogens with zero attached hydrogens (tertiary/aromatic N) is 4. The lowest BCUT2D eigenvalue weighted by Crippen LogP contribution is -1.99. The molecule has 1 aromatic carbocycles. The van der Waals surface area contributed by atoms with E-state index in [2.05, 4.69) is 20.3 Å². The summed E-state index contributed by atoms with van der Waals surface area (Å²) in [5.41, 5.74) is 0.788. The fourth-order valence-corrected chi connectivity index (χ4v) is 4.31. The highest BCUT2D eigenvalue weighted by Gasteiger charge is 2.16. The lowest BCUT2D eigenvalue weighted by atomic mass is 10.2. The Labute approximate surface area is 200 Å². The van der Waals surface area contributed by atoms with Crippen molar-refractivity contribution < 1.29 is 14.2 Å². The fraction of sp³-hybridized carbons (Fsp3) is 0.286. The van der Waals surface area contributed by atoms with Crippen molar-refractivity contribution >= 4 is 56.4 Å². The first-order chi connectivity index (χ1) is 15.6. The van der Waals surface area contributed by atoms with Gasteiger partial charge in [-0.05, 0) is 17.7 Å². The van der Waals surface area contributed by atoms with Crippen molar-refractivity contribution in [3.63, 3.8) is 0 Å². The van der Waals surface area contributed by atoms with Gasteiger partial charge in [-0.2, -0.15) is 4.98 Å². The SMILES string of the molecule is CC.COc1cc(-n2cnc(Nc3nc(Cl)nc4sc(CCl)cc34)c2)cc(OC)c1OC. The molecule has 0 aliphatic rings. The number of ether oxygens (including phenoxy) is 3. The second kappa shape index (κ2) is 10.7. The normalized spacial score (nSPS) is 10.5. The highest BCUT2D eigenvalue weighted by atomic mass is 35.5. The first-order valence-corrected chi connectivity index (χ1v) is 11.4. The molecule has 170 valence electrons. The van der Waals surface area contributed by atoms with Crippen molar-refractivity contribution in [1.82, 2.24) is 19.5 Å². The zero-order valence-electron chi connectivity index (χ0n) is 18.3. The predicted octanol–water partition coefficient (Wildman–Crippen LogP) is 6.06. The molecule has 0 unspecified atom stereocenters. The van der Waals surface area contributed by atoms with Crippen molar-refractivity contribution in [2.75, 3.05) is 26.6 Å². The molecule has 0 saturated carbocycles. The number of alkyl halides is 1. The van der Waals surface area contributed by atoms with E-state index in [-0.39, 0.29) is 5.28 Å². The Kier molecular flexibility index (Phi) is 8.00. The van der Waals surface area contributed by atoms with Crippen LogP contribution in [-0.2, 0) is 5.88 Å². The summed E-state index contributed by atoms with van der Waals surface area (Å²) in [4.78, 5) is 14.7. The van der Waals surface area contributed by atoms with Crippen molar-refractivity contribution in [1.29, 1.82) is 0 Å². The van der Waals surface area contributed by atoms with Crippen molar-refractivity contribution in [3.05, 3.63) is 40.9 Å². The van der Waals surface area contributed by atoms with Crippen LogP contribution in [-0.4, -0.2) is 40.8 Å². The molecule has 0 saturated heterocycles. The van der Waals surface area contributed by atoms with E-state index in [1.807, 2.05) is 42.8 Å². The zero-order chi connectivity index (χ0) is 23.3. The Bertz CT molecular complexity index is 1190. The van der Waals surface area contributed by atoms with Gasteiger partial charge in [0.2, 0.25) is 11.0 Å². The molecule has 1 N–H and O–H groups in total. The van der Waals surface area contributed by atoms with E-state index < -0.39 is 0 Å². The summed E-state index contributed by atoms with van der Waals surface area (Å²) in [6.45, 7) is 4.00. The number of hydrogen-bond donors (Lipinski definition) is 1. The maximum Gasteiger partial charge on any atom is 0.225 e. The number of anilines is 2. The predicted molar refractivity (Wildman–Crippen MR) is 130 cm³/mol. The minimum atomic E-state index is 0.150. The molecule has 8 nitrogen and oxygen atoms in total. The average molecular weight is 496 g/mol. The van der Waals surface area contributed by atoms with Crippen LogP contribution in [0.5, 0.6) is 17.2 Å². The van der Waals surface area contributed by atoms with E-state index >= 15 is 0 Å². The van der Waals surface area contributed by atoms with Crippen molar-refractivity contribution in [2.45, 2.75) is 19.7 Å². The molecule has 0 spiro atoms. The topological polar surface area (TPSA) is 83.3 Å². The third-order valence-corrected chi connectivity index (χ3v) is 5.97. The van der Waals surface area contributed by atoms with E-state index in [1.54, 1.807) is 27.7 Å². The Balaban J connectivity index is 0.00000141. The molecule has 0 amide bonds. The van der Waals surface area contributed by atoms with E-state index in [1.165, 1.54) is 11.3 Å². The third kappa shape index (κ3) is 4.85. The number of benzene rings is 1. The van der Waals surface area contributed by atoms with Crippen LogP contribution in [0.1, 0.15) is 18.7 Å². The number of thiophene rings is 1. The second-order valence-corrected chi connectivity index (χ2v) is 7.80. The smallest absolute Gasteiger partial charge is 0.225 e. The second-order valence-electron chi connectivity index (χ2n) is 6.08. The van der Waals surface area contributed by atoms with Crippen LogP contribution < -0.4 is 19.5 Å². The van der Waals surface area contributed by atoms with Crippen LogP contribution in [0.25, 0.3) is 15.9 Å². The number of rotatable bonds is 7.